The maximum absolute atomic E-state index is 10.6. The molecule has 0 unspecified atom stereocenters. The molecule has 9 nitrogen and oxygen atoms in total. The van der Waals surface area contributed by atoms with Crippen molar-refractivity contribution in [1.29, 1.82) is 0 Å². The van der Waals surface area contributed by atoms with Crippen molar-refractivity contribution in [2.24, 2.45) is 0 Å². The molecule has 1 saturated heterocycles. The average Bonchev–Trinajstić information content (AvgIpc) is 2.90. The maximum atomic E-state index is 10.6. The van der Waals surface area contributed by atoms with Crippen LogP contribution in [0.4, 0.5) is 41.7 Å². The van der Waals surface area contributed by atoms with Crippen molar-refractivity contribution in [3.63, 3.8) is 0 Å². The van der Waals surface area contributed by atoms with Gasteiger partial charge in [0.05, 0.1) is 38.8 Å². The molecule has 1 aliphatic heterocycles. The molecule has 12 heteroatoms. The first kappa shape index (κ1) is 27.4. The molecule has 37 heavy (non-hydrogen) atoms. The molecular weight excluding hydrogens is 493 g/mol. The SMILES string of the molecule is COc1cc(N2CCOCC2)ccc1Nc1ccc(OC)c(Nc2ccccn2)c1.O=C(O)C(F)(F)F. The highest BCUT2D eigenvalue weighted by atomic mass is 19.4. The Morgan fingerprint density at radius 2 is 1.68 bits per heavy atom. The van der Waals surface area contributed by atoms with E-state index in [1.165, 1.54) is 0 Å². The number of hydrogen-bond donors (Lipinski definition) is 3. The predicted octanol–water partition coefficient (Wildman–Crippen LogP) is 5.06. The van der Waals surface area contributed by atoms with E-state index in [0.29, 0.717) is 0 Å². The number of pyridine rings is 1. The molecule has 0 atom stereocenters. The van der Waals surface area contributed by atoms with Crippen LogP contribution in [-0.2, 0) is 9.53 Å². The Labute approximate surface area is 211 Å². The van der Waals surface area contributed by atoms with Crippen LogP contribution in [0.2, 0.25) is 0 Å². The van der Waals surface area contributed by atoms with Gasteiger partial charge in [-0.2, -0.15) is 13.2 Å². The third-order valence-corrected chi connectivity index (χ3v) is 5.21. The van der Waals surface area contributed by atoms with Crippen LogP contribution in [0.25, 0.3) is 0 Å². The van der Waals surface area contributed by atoms with Gasteiger partial charge >= 0.3 is 12.1 Å². The number of ether oxygens (including phenoxy) is 3. The minimum atomic E-state index is -5.08. The third-order valence-electron chi connectivity index (χ3n) is 5.21. The maximum Gasteiger partial charge on any atom is 0.490 e. The fraction of sp³-hybridized carbons (Fsp3) is 0.280. The minimum Gasteiger partial charge on any atom is -0.495 e. The number of carboxylic acid groups (broad SMARTS) is 1. The molecule has 1 fully saturated rings. The first-order chi connectivity index (χ1) is 17.7. The lowest BCUT2D eigenvalue weighted by molar-refractivity contribution is -0.192. The second-order valence-corrected chi connectivity index (χ2v) is 7.67. The molecule has 3 N–H and O–H groups in total. The predicted molar refractivity (Wildman–Crippen MR) is 134 cm³/mol. The van der Waals surface area contributed by atoms with Gasteiger partial charge in [0.15, 0.2) is 0 Å². The van der Waals surface area contributed by atoms with Crippen LogP contribution < -0.4 is 25.0 Å². The number of anilines is 5. The minimum absolute atomic E-state index is 0.737. The molecule has 3 aromatic rings. The topological polar surface area (TPSA) is 105 Å². The fourth-order valence-corrected chi connectivity index (χ4v) is 3.42. The van der Waals surface area contributed by atoms with Gasteiger partial charge in [0, 0.05) is 36.7 Å². The van der Waals surface area contributed by atoms with Crippen molar-refractivity contribution in [3.05, 3.63) is 60.8 Å². The summed E-state index contributed by atoms with van der Waals surface area (Å²) in [7, 11) is 3.34. The van der Waals surface area contributed by atoms with Gasteiger partial charge in [-0.25, -0.2) is 9.78 Å². The lowest BCUT2D eigenvalue weighted by Crippen LogP contribution is -2.36. The Morgan fingerprint density at radius 1 is 0.973 bits per heavy atom. The molecular formula is C25H27F3N4O5. The number of halogens is 3. The number of aromatic nitrogens is 1. The summed E-state index contributed by atoms with van der Waals surface area (Å²) in [4.78, 5) is 15.5. The second-order valence-electron chi connectivity index (χ2n) is 7.67. The van der Waals surface area contributed by atoms with Crippen LogP contribution in [0.5, 0.6) is 11.5 Å². The summed E-state index contributed by atoms with van der Waals surface area (Å²) in [5.41, 5.74) is 3.76. The fourth-order valence-electron chi connectivity index (χ4n) is 3.42. The Kier molecular flexibility index (Phi) is 9.39. The van der Waals surface area contributed by atoms with E-state index in [2.05, 4.69) is 32.7 Å². The molecule has 0 radical (unpaired) electrons. The summed E-state index contributed by atoms with van der Waals surface area (Å²) in [6.07, 6.45) is -3.34. The van der Waals surface area contributed by atoms with E-state index < -0.39 is 12.1 Å². The van der Waals surface area contributed by atoms with E-state index in [4.69, 9.17) is 24.1 Å². The summed E-state index contributed by atoms with van der Waals surface area (Å²) in [6, 6.07) is 17.8. The zero-order chi connectivity index (χ0) is 26.8. The monoisotopic (exact) mass is 520 g/mol. The van der Waals surface area contributed by atoms with Gasteiger partial charge in [-0.3, -0.25) is 0 Å². The van der Waals surface area contributed by atoms with Gasteiger partial charge < -0.3 is 34.9 Å². The average molecular weight is 521 g/mol. The van der Waals surface area contributed by atoms with Crippen LogP contribution in [0.1, 0.15) is 0 Å². The zero-order valence-corrected chi connectivity index (χ0v) is 20.2. The first-order valence-corrected chi connectivity index (χ1v) is 11.1. The number of methoxy groups -OCH3 is 2. The first-order valence-electron chi connectivity index (χ1n) is 11.1. The van der Waals surface area contributed by atoms with Crippen molar-refractivity contribution in [1.82, 2.24) is 4.98 Å². The molecule has 0 bridgehead atoms. The van der Waals surface area contributed by atoms with E-state index in [9.17, 15) is 13.2 Å². The summed E-state index contributed by atoms with van der Waals surface area (Å²) >= 11 is 0. The van der Waals surface area contributed by atoms with Crippen LogP contribution >= 0.6 is 0 Å². The number of carboxylic acids is 1. The number of nitrogens with one attached hydrogen (secondary N) is 2. The number of hydrogen-bond acceptors (Lipinski definition) is 8. The Hall–Kier alpha value is -4.19. The van der Waals surface area contributed by atoms with Crippen molar-refractivity contribution < 1.29 is 37.3 Å². The summed E-state index contributed by atoms with van der Waals surface area (Å²) in [6.45, 7) is 3.27. The van der Waals surface area contributed by atoms with Crippen molar-refractivity contribution in [3.8, 4) is 11.5 Å². The van der Waals surface area contributed by atoms with Gasteiger partial charge in [-0.05, 0) is 42.5 Å². The molecule has 198 valence electrons. The van der Waals surface area contributed by atoms with Crippen molar-refractivity contribution in [2.45, 2.75) is 6.18 Å². The molecule has 1 aliphatic rings. The summed E-state index contributed by atoms with van der Waals surface area (Å²) < 4.78 is 48.3. The molecule has 0 aliphatic carbocycles. The molecule has 0 saturated carbocycles. The lowest BCUT2D eigenvalue weighted by atomic mass is 10.2. The van der Waals surface area contributed by atoms with Gasteiger partial charge in [-0.15, -0.1) is 0 Å². The van der Waals surface area contributed by atoms with Gasteiger partial charge in [0.25, 0.3) is 0 Å². The standard InChI is InChI=1S/C23H26N4O3.C2HF3O2/c1-28-21-9-6-17(15-20(21)26-23-5-3-4-10-24-23)25-19-8-7-18(16-22(19)29-2)27-11-13-30-14-12-27;3-2(4,5)1(6)7/h3-10,15-16,25H,11-14H2,1-2H3,(H,24,26);(H,6,7). The smallest absolute Gasteiger partial charge is 0.490 e. The molecule has 0 amide bonds. The highest BCUT2D eigenvalue weighted by Crippen LogP contribution is 2.35. The number of aliphatic carboxylic acids is 1. The molecule has 1 aromatic heterocycles. The van der Waals surface area contributed by atoms with Crippen LogP contribution in [0.15, 0.2) is 60.8 Å². The Morgan fingerprint density at radius 3 is 2.27 bits per heavy atom. The van der Waals surface area contributed by atoms with Crippen molar-refractivity contribution >= 4 is 34.5 Å². The second kappa shape index (κ2) is 12.7. The zero-order valence-electron chi connectivity index (χ0n) is 20.2. The van der Waals surface area contributed by atoms with Crippen molar-refractivity contribution in [2.75, 3.05) is 56.1 Å². The van der Waals surface area contributed by atoms with Crippen LogP contribution in [-0.4, -0.2) is 62.8 Å². The number of rotatable bonds is 7. The Bertz CT molecular complexity index is 1170. The number of alkyl halides is 3. The highest BCUT2D eigenvalue weighted by molar-refractivity contribution is 5.75. The van der Waals surface area contributed by atoms with E-state index in [1.807, 2.05) is 42.5 Å². The van der Waals surface area contributed by atoms with E-state index >= 15 is 0 Å². The number of carbonyl (C=O) groups is 1. The molecule has 2 heterocycles. The Balaban J connectivity index is 0.000000479. The molecule has 4 rings (SSSR count). The van der Waals surface area contributed by atoms with Crippen LogP contribution in [0, 0.1) is 0 Å². The lowest BCUT2D eigenvalue weighted by Gasteiger charge is -2.29. The highest BCUT2D eigenvalue weighted by Gasteiger charge is 2.38. The summed E-state index contributed by atoms with van der Waals surface area (Å²) in [5.74, 6) is -0.484. The number of morpholine rings is 1. The third kappa shape index (κ3) is 7.90. The number of benzene rings is 2. The van der Waals surface area contributed by atoms with E-state index in [0.717, 1.165) is 66.4 Å². The van der Waals surface area contributed by atoms with E-state index in [1.54, 1.807) is 20.4 Å². The normalized spacial score (nSPS) is 13.2. The summed E-state index contributed by atoms with van der Waals surface area (Å²) in [5, 5.41) is 13.9. The molecule has 0 spiro atoms. The van der Waals surface area contributed by atoms with E-state index in [-0.39, 0.29) is 0 Å². The van der Waals surface area contributed by atoms with Gasteiger partial charge in [-0.1, -0.05) is 6.07 Å². The largest absolute Gasteiger partial charge is 0.495 e. The van der Waals surface area contributed by atoms with Gasteiger partial charge in [0.2, 0.25) is 0 Å². The number of nitrogens with zero attached hydrogens (tertiary/aromatic N) is 2. The quantitative estimate of drug-likeness (QED) is 0.394. The molecule has 2 aromatic carbocycles. The van der Waals surface area contributed by atoms with Gasteiger partial charge in [0.1, 0.15) is 17.3 Å². The van der Waals surface area contributed by atoms with Crippen LogP contribution in [0.3, 0.4) is 0 Å².